The summed E-state index contributed by atoms with van der Waals surface area (Å²) < 4.78 is 9.60. The SMILES string of the molecule is C=C(C)C(=O)O.C=C(C)C(=O)O.C=C(C)C(=O)O.C=C(C)C(=O)OCC1CO1. The Morgan fingerprint density at radius 1 is 0.786 bits per heavy atom. The highest BCUT2D eigenvalue weighted by Crippen LogP contribution is 2.09. The summed E-state index contributed by atoms with van der Waals surface area (Å²) >= 11 is 0. The lowest BCUT2D eigenvalue weighted by Gasteiger charge is -1.99. The molecule has 1 saturated heterocycles. The monoisotopic (exact) mass is 400 g/mol. The minimum Gasteiger partial charge on any atom is -0.478 e. The summed E-state index contributed by atoms with van der Waals surface area (Å²) in [6, 6.07) is 0. The predicted octanol–water partition coefficient (Wildman–Crippen LogP) is 2.45. The molecule has 1 aliphatic rings. The number of esters is 1. The standard InChI is InChI=1S/C7H10O3.3C4H6O2/c1-5(2)7(8)10-4-6-3-9-6;3*1-3(2)4(5)6/h6H,1,3-4H2,2H3;3*1H2,2H3,(H,5,6). The van der Waals surface area contributed by atoms with E-state index in [1.54, 1.807) is 6.92 Å². The largest absolute Gasteiger partial charge is 0.478 e. The molecule has 0 aromatic rings. The van der Waals surface area contributed by atoms with E-state index in [1.165, 1.54) is 20.8 Å². The van der Waals surface area contributed by atoms with E-state index < -0.39 is 17.9 Å². The maximum atomic E-state index is 10.7. The van der Waals surface area contributed by atoms with E-state index in [1.807, 2.05) is 0 Å². The Morgan fingerprint density at radius 3 is 1.18 bits per heavy atom. The van der Waals surface area contributed by atoms with Crippen LogP contribution in [0.1, 0.15) is 27.7 Å². The molecule has 9 nitrogen and oxygen atoms in total. The van der Waals surface area contributed by atoms with Gasteiger partial charge in [0.15, 0.2) is 0 Å². The van der Waals surface area contributed by atoms with Crippen molar-refractivity contribution in [2.24, 2.45) is 0 Å². The second-order valence-corrected chi connectivity index (χ2v) is 5.59. The molecule has 1 unspecified atom stereocenters. The van der Waals surface area contributed by atoms with Gasteiger partial charge >= 0.3 is 23.9 Å². The van der Waals surface area contributed by atoms with Gasteiger partial charge in [-0.1, -0.05) is 26.3 Å². The topological polar surface area (TPSA) is 151 Å². The predicted molar refractivity (Wildman–Crippen MR) is 103 cm³/mol. The van der Waals surface area contributed by atoms with Crippen molar-refractivity contribution in [3.05, 3.63) is 48.6 Å². The van der Waals surface area contributed by atoms with E-state index in [-0.39, 0.29) is 28.8 Å². The number of rotatable bonds is 6. The maximum absolute atomic E-state index is 10.7. The molecule has 0 amide bonds. The highest BCUT2D eigenvalue weighted by molar-refractivity contribution is 5.87. The molecule has 9 heteroatoms. The summed E-state index contributed by atoms with van der Waals surface area (Å²) in [5, 5.41) is 23.7. The molecule has 1 fully saturated rings. The van der Waals surface area contributed by atoms with Crippen molar-refractivity contribution in [3.63, 3.8) is 0 Å². The molecule has 3 N–H and O–H groups in total. The summed E-state index contributed by atoms with van der Waals surface area (Å²) in [5.74, 6) is -3.14. The van der Waals surface area contributed by atoms with E-state index in [0.29, 0.717) is 18.8 Å². The van der Waals surface area contributed by atoms with E-state index in [0.717, 1.165) is 0 Å². The molecule has 158 valence electrons. The number of hydrogen-bond donors (Lipinski definition) is 3. The molecular formula is C19H28O9. The molecule has 0 saturated carbocycles. The van der Waals surface area contributed by atoms with Gasteiger partial charge in [-0.25, -0.2) is 19.2 Å². The van der Waals surface area contributed by atoms with Crippen molar-refractivity contribution >= 4 is 23.9 Å². The van der Waals surface area contributed by atoms with E-state index >= 15 is 0 Å². The molecule has 1 rings (SSSR count). The highest BCUT2D eigenvalue weighted by atomic mass is 16.6. The first kappa shape index (κ1) is 29.6. The third-order valence-electron chi connectivity index (χ3n) is 2.25. The van der Waals surface area contributed by atoms with Crippen molar-refractivity contribution < 1.29 is 44.0 Å². The zero-order valence-corrected chi connectivity index (χ0v) is 16.6. The Bertz CT molecular complexity index is 532. The highest BCUT2D eigenvalue weighted by Gasteiger charge is 2.24. The van der Waals surface area contributed by atoms with Crippen molar-refractivity contribution in [2.45, 2.75) is 33.8 Å². The fraction of sp³-hybridized carbons (Fsp3) is 0.368. The van der Waals surface area contributed by atoms with Crippen LogP contribution in [0, 0.1) is 0 Å². The number of carbonyl (C=O) groups is 4. The van der Waals surface area contributed by atoms with Crippen LogP contribution in [0.5, 0.6) is 0 Å². The zero-order chi connectivity index (χ0) is 23.0. The van der Waals surface area contributed by atoms with Crippen LogP contribution in [0.2, 0.25) is 0 Å². The minimum absolute atomic E-state index is 0.142. The van der Waals surface area contributed by atoms with Gasteiger partial charge in [0.2, 0.25) is 0 Å². The summed E-state index contributed by atoms with van der Waals surface area (Å²) in [6.45, 7) is 19.9. The Kier molecular flexibility index (Phi) is 16.9. The quantitative estimate of drug-likeness (QED) is 0.347. The van der Waals surface area contributed by atoms with Crippen LogP contribution in [0.3, 0.4) is 0 Å². The Labute approximate surface area is 164 Å². The lowest BCUT2D eigenvalue weighted by Crippen LogP contribution is -2.09. The van der Waals surface area contributed by atoms with Crippen LogP contribution in [0.15, 0.2) is 48.6 Å². The summed E-state index contributed by atoms with van der Waals surface area (Å²) in [7, 11) is 0. The van der Waals surface area contributed by atoms with E-state index in [9.17, 15) is 19.2 Å². The molecule has 0 aliphatic carbocycles. The number of carboxylic acid groups (broad SMARTS) is 3. The smallest absolute Gasteiger partial charge is 0.333 e. The Balaban J connectivity index is -0.000000309. The van der Waals surface area contributed by atoms with Crippen molar-refractivity contribution in [1.29, 1.82) is 0 Å². The summed E-state index contributed by atoms with van der Waals surface area (Å²) in [6.07, 6.45) is 0.142. The van der Waals surface area contributed by atoms with Crippen LogP contribution in [0.4, 0.5) is 0 Å². The van der Waals surface area contributed by atoms with Gasteiger partial charge in [-0.05, 0) is 27.7 Å². The number of epoxide rings is 1. The Morgan fingerprint density at radius 2 is 1.04 bits per heavy atom. The second kappa shape index (κ2) is 16.0. The van der Waals surface area contributed by atoms with Gasteiger partial charge in [-0.3, -0.25) is 0 Å². The molecule has 0 spiro atoms. The molecular weight excluding hydrogens is 372 g/mol. The van der Waals surface area contributed by atoms with Gasteiger partial charge in [0, 0.05) is 22.3 Å². The molecule has 1 heterocycles. The fourth-order valence-corrected chi connectivity index (χ4v) is 0.456. The van der Waals surface area contributed by atoms with Crippen molar-refractivity contribution in [2.75, 3.05) is 13.2 Å². The van der Waals surface area contributed by atoms with E-state index in [4.69, 9.17) is 24.8 Å². The number of carbonyl (C=O) groups excluding carboxylic acids is 1. The zero-order valence-electron chi connectivity index (χ0n) is 16.6. The fourth-order valence-electron chi connectivity index (χ4n) is 0.456. The van der Waals surface area contributed by atoms with Crippen LogP contribution >= 0.6 is 0 Å². The van der Waals surface area contributed by atoms with Gasteiger partial charge in [-0.15, -0.1) is 0 Å². The van der Waals surface area contributed by atoms with Crippen molar-refractivity contribution in [3.8, 4) is 0 Å². The van der Waals surface area contributed by atoms with E-state index in [2.05, 4.69) is 26.3 Å². The summed E-state index contributed by atoms with van der Waals surface area (Å²) in [5.41, 5.74) is 0.959. The first-order valence-electron chi connectivity index (χ1n) is 7.74. The summed E-state index contributed by atoms with van der Waals surface area (Å²) in [4.78, 5) is 39.5. The third kappa shape index (κ3) is 25.0. The number of ether oxygens (including phenoxy) is 2. The van der Waals surface area contributed by atoms with Crippen LogP contribution in [-0.4, -0.2) is 58.5 Å². The molecule has 0 aromatic carbocycles. The first-order chi connectivity index (χ1) is 12.6. The molecule has 0 radical (unpaired) electrons. The van der Waals surface area contributed by atoms with Crippen LogP contribution < -0.4 is 0 Å². The van der Waals surface area contributed by atoms with Gasteiger partial charge in [0.25, 0.3) is 0 Å². The number of hydrogen-bond acceptors (Lipinski definition) is 6. The average Bonchev–Trinajstić information content (AvgIpc) is 3.38. The van der Waals surface area contributed by atoms with Crippen LogP contribution in [-0.2, 0) is 28.7 Å². The molecule has 1 aliphatic heterocycles. The van der Waals surface area contributed by atoms with Gasteiger partial charge in [-0.2, -0.15) is 0 Å². The minimum atomic E-state index is -0.935. The normalized spacial score (nSPS) is 12.6. The van der Waals surface area contributed by atoms with Gasteiger partial charge in [0.05, 0.1) is 6.61 Å². The molecule has 0 aromatic heterocycles. The first-order valence-corrected chi connectivity index (χ1v) is 7.74. The molecule has 1 atom stereocenters. The molecule has 0 bridgehead atoms. The molecule has 28 heavy (non-hydrogen) atoms. The third-order valence-corrected chi connectivity index (χ3v) is 2.25. The Hall–Kier alpha value is -3.20. The lowest BCUT2D eigenvalue weighted by atomic mass is 10.4. The van der Waals surface area contributed by atoms with Crippen LogP contribution in [0.25, 0.3) is 0 Å². The van der Waals surface area contributed by atoms with Gasteiger partial charge in [0.1, 0.15) is 12.7 Å². The van der Waals surface area contributed by atoms with Crippen molar-refractivity contribution in [1.82, 2.24) is 0 Å². The number of carboxylic acids is 3. The lowest BCUT2D eigenvalue weighted by molar-refractivity contribution is -0.139. The average molecular weight is 400 g/mol. The van der Waals surface area contributed by atoms with Gasteiger partial charge < -0.3 is 24.8 Å². The second-order valence-electron chi connectivity index (χ2n) is 5.59. The number of aliphatic carboxylic acids is 3. The maximum Gasteiger partial charge on any atom is 0.333 e.